The summed E-state index contributed by atoms with van der Waals surface area (Å²) in [6.07, 6.45) is -0.943. The Hall–Kier alpha value is -6.92. The van der Waals surface area contributed by atoms with Crippen molar-refractivity contribution in [1.82, 2.24) is 56.2 Å². The number of benzene rings is 1. The Bertz CT molecular complexity index is 3590. The number of aliphatic hydroxyl groups excluding tert-OH is 2. The summed E-state index contributed by atoms with van der Waals surface area (Å²) in [4.78, 5) is 104. The second-order valence-corrected chi connectivity index (χ2v) is 24.9. The van der Waals surface area contributed by atoms with Crippen LogP contribution in [0.15, 0.2) is 70.6 Å². The van der Waals surface area contributed by atoms with Crippen molar-refractivity contribution in [3.63, 3.8) is 0 Å². The first-order valence-electron chi connectivity index (χ1n) is 25.5. The minimum Gasteiger partial charge on any atom is -0.395 e. The van der Waals surface area contributed by atoms with Crippen LogP contribution in [-0.4, -0.2) is 108 Å². The number of aromatic nitrogens is 7. The van der Waals surface area contributed by atoms with Gasteiger partial charge in [-0.2, -0.15) is 0 Å². The molecule has 10 bridgehead atoms. The minimum absolute atomic E-state index is 0.0484. The van der Waals surface area contributed by atoms with Gasteiger partial charge in [-0.1, -0.05) is 50.8 Å². The van der Waals surface area contributed by atoms with Crippen molar-refractivity contribution in [3.05, 3.63) is 118 Å². The molecular formula is C54H57N13O8S6. The molecule has 0 radical (unpaired) electrons. The predicted octanol–water partition coefficient (Wildman–Crippen LogP) is 8.07. The van der Waals surface area contributed by atoms with Gasteiger partial charge in [0.15, 0.2) is 5.78 Å². The number of pyridine rings is 1. The highest BCUT2D eigenvalue weighted by molar-refractivity contribution is 7.15. The molecule has 1 aromatic carbocycles. The van der Waals surface area contributed by atoms with Crippen LogP contribution in [0.25, 0.3) is 49.1 Å². The van der Waals surface area contributed by atoms with Crippen molar-refractivity contribution >= 4 is 109 Å². The van der Waals surface area contributed by atoms with Gasteiger partial charge in [-0.15, -0.1) is 68.0 Å². The Morgan fingerprint density at radius 2 is 1.52 bits per heavy atom. The minimum atomic E-state index is -1.20. The molecule has 1 aliphatic rings. The third-order valence-electron chi connectivity index (χ3n) is 13.0. The SMILES string of the molecule is C=C1NCC(=O)N[C@@H]([C@@H](O)c2ccccc2)c2nc(cs2)-c2nc(cs2)-c2nc(-c3nc(NC(=O)CC[C@H](N)CO)cs3)ccc2-c2nc(cs2)C(=O)N[C@@H](CC(=O)NC)c2nc(c(C)s2)C(=O)C[C@H](C(C)C)c2nc1c(COC)s2. The van der Waals surface area contributed by atoms with Crippen LogP contribution in [0.4, 0.5) is 5.82 Å². The highest BCUT2D eigenvalue weighted by Crippen LogP contribution is 2.41. The lowest BCUT2D eigenvalue weighted by Crippen LogP contribution is -2.38. The number of nitrogens with one attached hydrogen (secondary N) is 5. The lowest BCUT2D eigenvalue weighted by atomic mass is 9.90. The number of Topliss-reactive ketones (excluding diaryl/α,β-unsaturated/α-hetero) is 1. The van der Waals surface area contributed by atoms with E-state index >= 15 is 0 Å². The molecule has 4 amide bonds. The number of carbonyl (C=O) groups excluding carboxylic acids is 5. The number of thiazole rings is 6. The number of rotatable bonds is 13. The number of ketones is 1. The van der Waals surface area contributed by atoms with Gasteiger partial charge in [-0.05, 0) is 37.0 Å². The Balaban J connectivity index is 1.12. The molecule has 27 heteroatoms. The maximum atomic E-state index is 14.4. The van der Waals surface area contributed by atoms with E-state index < -0.39 is 36.0 Å². The first kappa shape index (κ1) is 58.7. The molecule has 422 valence electrons. The van der Waals surface area contributed by atoms with Gasteiger partial charge in [-0.3, -0.25) is 24.0 Å². The number of anilines is 1. The number of aliphatic hydroxyl groups is 2. The molecule has 0 unspecified atom stereocenters. The van der Waals surface area contributed by atoms with Crippen LogP contribution in [0.1, 0.15) is 121 Å². The van der Waals surface area contributed by atoms with Crippen LogP contribution in [-0.2, 0) is 25.7 Å². The zero-order valence-electron chi connectivity index (χ0n) is 44.5. The topological polar surface area (TPSA) is 311 Å². The van der Waals surface area contributed by atoms with Crippen LogP contribution in [0.5, 0.6) is 0 Å². The van der Waals surface area contributed by atoms with E-state index in [2.05, 4.69) is 38.1 Å². The average molecular weight is 1210 g/mol. The summed E-state index contributed by atoms with van der Waals surface area (Å²) in [6, 6.07) is 10.1. The van der Waals surface area contributed by atoms with Crippen LogP contribution < -0.4 is 32.3 Å². The van der Waals surface area contributed by atoms with E-state index in [0.717, 1.165) is 4.88 Å². The highest BCUT2D eigenvalue weighted by Gasteiger charge is 2.32. The van der Waals surface area contributed by atoms with Gasteiger partial charge < -0.3 is 47.3 Å². The van der Waals surface area contributed by atoms with Gasteiger partial charge in [0, 0.05) is 70.9 Å². The summed E-state index contributed by atoms with van der Waals surface area (Å²) < 4.78 is 5.58. The number of aryl methyl sites for hydroxylation is 1. The zero-order chi connectivity index (χ0) is 57.5. The fraction of sp³-hybridized carbons (Fsp3) is 0.333. The van der Waals surface area contributed by atoms with Gasteiger partial charge in [0.2, 0.25) is 17.7 Å². The predicted molar refractivity (Wildman–Crippen MR) is 316 cm³/mol. The lowest BCUT2D eigenvalue weighted by Gasteiger charge is -2.23. The molecule has 1 aliphatic heterocycles. The van der Waals surface area contributed by atoms with Crippen molar-refractivity contribution in [2.24, 2.45) is 11.7 Å². The number of ether oxygens (including phenoxy) is 1. The number of methoxy groups -OCH3 is 1. The van der Waals surface area contributed by atoms with Crippen LogP contribution in [0.2, 0.25) is 0 Å². The summed E-state index contributed by atoms with van der Waals surface area (Å²) in [7, 11) is 3.06. The third-order valence-corrected chi connectivity index (χ3v) is 18.7. The number of hydrogen-bond donors (Lipinski definition) is 8. The molecule has 81 heavy (non-hydrogen) atoms. The summed E-state index contributed by atoms with van der Waals surface area (Å²) >= 11 is 7.61. The largest absolute Gasteiger partial charge is 0.395 e. The van der Waals surface area contributed by atoms with Crippen molar-refractivity contribution in [2.75, 3.05) is 32.6 Å². The number of amides is 4. The average Bonchev–Trinajstić information content (AvgIpc) is 4.50. The third kappa shape index (κ3) is 13.9. The van der Waals surface area contributed by atoms with Gasteiger partial charge >= 0.3 is 0 Å². The molecule has 9 N–H and O–H groups in total. The van der Waals surface area contributed by atoms with Crippen molar-refractivity contribution in [2.45, 2.75) is 83.2 Å². The first-order valence-corrected chi connectivity index (χ1v) is 30.6. The summed E-state index contributed by atoms with van der Waals surface area (Å²) in [5, 5.41) is 45.5. The molecule has 0 saturated carbocycles. The zero-order valence-corrected chi connectivity index (χ0v) is 49.4. The smallest absolute Gasteiger partial charge is 0.271 e. The summed E-state index contributed by atoms with van der Waals surface area (Å²) in [5.74, 6) is -2.05. The molecule has 9 rings (SSSR count). The second kappa shape index (κ2) is 26.3. The van der Waals surface area contributed by atoms with Gasteiger partial charge in [0.05, 0.1) is 53.5 Å². The molecule has 0 fully saturated rings. The Morgan fingerprint density at radius 1 is 0.802 bits per heavy atom. The van der Waals surface area contributed by atoms with Crippen molar-refractivity contribution < 1.29 is 38.9 Å². The monoisotopic (exact) mass is 1210 g/mol. The Labute approximate surface area is 489 Å². The van der Waals surface area contributed by atoms with E-state index in [-0.39, 0.29) is 79.8 Å². The number of fused-ring (bicyclic) bond motifs is 14. The fourth-order valence-corrected chi connectivity index (χ4v) is 14.2. The highest BCUT2D eigenvalue weighted by atomic mass is 32.1. The molecule has 7 aromatic heterocycles. The standard InChI is InChI=1S/C54H57N13O8S6/c1-25(2)31-16-37(69)44-27(4)80-53(67-44)33(17-41(71)56-5)59-48(74)35-22-76-49(61-35)30-13-14-32(51-64-39(24-79-51)63-40(70)15-12-29(55)19-68)58-45(30)34-21-77-52(60-34)36-23-78-54(62-36)46(47(73)28-10-8-7-9-11-28)65-42(72)18-57-26(3)43-38(20-75-6)81-50(31)66-43/h7-11,13-14,21-25,29,31,33,46-47,57,68,73H,3,12,15-20,55H2,1-2,4-6H3,(H,56,71)(H,59,74)(H,63,70)(H,65,72)/t29-,31+,33-,46-,47-/m0/s1. The van der Waals surface area contributed by atoms with E-state index in [4.69, 9.17) is 40.4 Å². The van der Waals surface area contributed by atoms with Crippen LogP contribution in [0.3, 0.4) is 0 Å². The van der Waals surface area contributed by atoms with Crippen molar-refractivity contribution in [1.29, 1.82) is 0 Å². The lowest BCUT2D eigenvalue weighted by molar-refractivity contribution is -0.122. The molecule has 5 atom stereocenters. The fourth-order valence-electron chi connectivity index (χ4n) is 8.59. The first-order chi connectivity index (χ1) is 39.0. The van der Waals surface area contributed by atoms with E-state index in [1.54, 1.807) is 66.6 Å². The quantitative estimate of drug-likeness (QED) is 0.0541. The Morgan fingerprint density at radius 3 is 2.27 bits per heavy atom. The maximum absolute atomic E-state index is 14.4. The Kier molecular flexibility index (Phi) is 19.1. The number of hydrogen-bond acceptors (Lipinski definition) is 23. The van der Waals surface area contributed by atoms with E-state index in [0.29, 0.717) is 92.5 Å². The van der Waals surface area contributed by atoms with E-state index in [9.17, 15) is 34.2 Å². The molecule has 21 nitrogen and oxygen atoms in total. The van der Waals surface area contributed by atoms with Crippen LogP contribution in [0, 0.1) is 12.8 Å². The van der Waals surface area contributed by atoms with Crippen molar-refractivity contribution in [3.8, 4) is 43.4 Å². The number of nitrogens with two attached hydrogens (primary N) is 1. The van der Waals surface area contributed by atoms with Crippen LogP contribution >= 0.6 is 68.0 Å². The second-order valence-electron chi connectivity index (χ2n) is 19.1. The normalized spacial score (nSPS) is 17.0. The molecule has 0 spiro atoms. The van der Waals surface area contributed by atoms with E-state index in [1.165, 1.54) is 75.1 Å². The maximum Gasteiger partial charge on any atom is 0.271 e. The summed E-state index contributed by atoms with van der Waals surface area (Å²) in [5.41, 5.74) is 9.78. The van der Waals surface area contributed by atoms with Gasteiger partial charge in [0.1, 0.15) is 77.2 Å². The van der Waals surface area contributed by atoms with Gasteiger partial charge in [0.25, 0.3) is 5.91 Å². The molecule has 0 aliphatic carbocycles. The number of nitrogens with zero attached hydrogens (tertiary/aromatic N) is 7. The molecule has 8 heterocycles. The van der Waals surface area contributed by atoms with Gasteiger partial charge in [-0.25, -0.2) is 34.9 Å². The molecule has 0 saturated heterocycles. The molecule has 8 aromatic rings. The number of carbonyl (C=O) groups is 5. The summed E-state index contributed by atoms with van der Waals surface area (Å²) in [6.45, 7) is 9.75. The molecular weight excluding hydrogens is 1150 g/mol. The van der Waals surface area contributed by atoms with E-state index in [1.807, 2.05) is 25.3 Å².